The molecule has 1 amide bonds. The van der Waals surface area contributed by atoms with Gasteiger partial charge in [-0.25, -0.2) is 35.8 Å². The maximum atomic E-state index is 14.8. The molecule has 0 aliphatic carbocycles. The largest absolute Gasteiger partial charge is 0.497 e. The van der Waals surface area contributed by atoms with Crippen molar-refractivity contribution in [3.8, 4) is 17.3 Å². The van der Waals surface area contributed by atoms with Gasteiger partial charge in [-0.1, -0.05) is 54.1 Å². The summed E-state index contributed by atoms with van der Waals surface area (Å²) in [5, 5.41) is 16.0. The predicted octanol–water partition coefficient (Wildman–Crippen LogP) is 7.45. The van der Waals surface area contributed by atoms with Crippen molar-refractivity contribution < 1.29 is 45.4 Å². The molecule has 4 aromatic carbocycles. The first kappa shape index (κ1) is 42.4. The Kier molecular flexibility index (Phi) is 12.4. The van der Waals surface area contributed by atoms with Crippen LogP contribution in [0.5, 0.6) is 11.6 Å². The van der Waals surface area contributed by atoms with E-state index in [1.54, 1.807) is 24.3 Å². The van der Waals surface area contributed by atoms with Crippen molar-refractivity contribution in [3.63, 3.8) is 0 Å². The monoisotopic (exact) mass is 879 g/mol. The summed E-state index contributed by atoms with van der Waals surface area (Å²) < 4.78 is 99.4. The summed E-state index contributed by atoms with van der Waals surface area (Å²) in [5.41, 5.74) is -0.177. The number of benzene rings is 4. The first-order valence-electron chi connectivity index (χ1n) is 18.3. The number of hydrogen-bond donors (Lipinski definition) is 3. The van der Waals surface area contributed by atoms with Crippen LogP contribution in [-0.2, 0) is 36.0 Å². The lowest BCUT2D eigenvalue weighted by Gasteiger charge is -2.22. The van der Waals surface area contributed by atoms with E-state index in [-0.39, 0.29) is 57.1 Å². The second-order valence-electron chi connectivity index (χ2n) is 13.6. The molecule has 0 aliphatic heterocycles. The summed E-state index contributed by atoms with van der Waals surface area (Å²) in [6.07, 6.45) is -5.10. The van der Waals surface area contributed by atoms with E-state index in [0.29, 0.717) is 17.4 Å². The smallest absolute Gasteiger partial charge is 0.405 e. The molecular formula is C41H34ClF4N7O7S. The van der Waals surface area contributed by atoms with Gasteiger partial charge in [0.05, 0.1) is 45.9 Å². The molecule has 0 aliphatic rings. The minimum atomic E-state index is -4.23. The average molecular weight is 880 g/mol. The zero-order chi connectivity index (χ0) is 43.4. The highest BCUT2D eigenvalue weighted by atomic mass is 35.5. The lowest BCUT2D eigenvalue weighted by atomic mass is 10.0. The maximum absolute atomic E-state index is 14.8. The van der Waals surface area contributed by atoms with Crippen molar-refractivity contribution in [1.82, 2.24) is 29.6 Å². The van der Waals surface area contributed by atoms with Crippen LogP contribution in [0.1, 0.15) is 28.6 Å². The van der Waals surface area contributed by atoms with Gasteiger partial charge in [0, 0.05) is 18.6 Å². The van der Waals surface area contributed by atoms with Gasteiger partial charge in [-0.3, -0.25) is 18.8 Å². The molecule has 0 saturated heterocycles. The third-order valence-electron chi connectivity index (χ3n) is 9.38. The second kappa shape index (κ2) is 17.9. The number of aromatic nitrogens is 5. The van der Waals surface area contributed by atoms with Crippen LogP contribution in [-0.4, -0.2) is 63.2 Å². The molecule has 20 heteroatoms. The van der Waals surface area contributed by atoms with Crippen LogP contribution < -0.4 is 25.1 Å². The SMILES string of the molecule is COc1ccc(CCS(=O)(=O)Nc2nn(CC(F)F)c3c(-n4c(C(Cc5cc(F)cc(F)c5)NC(=O)O)nc5nc(OCc6ccccc6)ccc5c4=O)ccc(Cl)c23)cc1. The Morgan fingerprint density at radius 3 is 2.31 bits per heavy atom. The molecular weight excluding hydrogens is 846 g/mol. The molecule has 0 saturated carbocycles. The Morgan fingerprint density at radius 2 is 1.64 bits per heavy atom. The molecule has 3 N–H and O–H groups in total. The van der Waals surface area contributed by atoms with Crippen molar-refractivity contribution in [2.75, 3.05) is 17.6 Å². The molecule has 0 radical (unpaired) electrons. The van der Waals surface area contributed by atoms with E-state index in [2.05, 4.69) is 25.1 Å². The van der Waals surface area contributed by atoms with E-state index in [1.807, 2.05) is 30.3 Å². The second-order valence-corrected chi connectivity index (χ2v) is 15.9. The number of halogens is 5. The van der Waals surface area contributed by atoms with Gasteiger partial charge in [0.2, 0.25) is 15.9 Å². The lowest BCUT2D eigenvalue weighted by molar-refractivity contribution is 0.123. The summed E-state index contributed by atoms with van der Waals surface area (Å²) in [5.74, 6) is -2.62. The summed E-state index contributed by atoms with van der Waals surface area (Å²) in [7, 11) is -2.74. The van der Waals surface area contributed by atoms with Crippen LogP contribution >= 0.6 is 11.6 Å². The molecule has 1 atom stereocenters. The van der Waals surface area contributed by atoms with E-state index in [4.69, 9.17) is 21.1 Å². The fraction of sp³-hybridized carbons (Fsp3) is 0.195. The van der Waals surface area contributed by atoms with Crippen molar-refractivity contribution in [3.05, 3.63) is 147 Å². The Labute approximate surface area is 349 Å². The highest BCUT2D eigenvalue weighted by Crippen LogP contribution is 2.36. The molecule has 7 rings (SSSR count). The molecule has 0 fully saturated rings. The van der Waals surface area contributed by atoms with Crippen LogP contribution in [0.2, 0.25) is 5.02 Å². The first-order valence-corrected chi connectivity index (χ1v) is 20.4. The number of nitrogens with one attached hydrogen (secondary N) is 2. The van der Waals surface area contributed by atoms with Crippen LogP contribution in [0.25, 0.3) is 27.6 Å². The number of rotatable bonds is 16. The Hall–Kier alpha value is -6.73. The minimum Gasteiger partial charge on any atom is -0.497 e. The van der Waals surface area contributed by atoms with E-state index in [0.717, 1.165) is 26.9 Å². The molecule has 3 aromatic heterocycles. The normalized spacial score (nSPS) is 12.2. The van der Waals surface area contributed by atoms with Crippen LogP contribution in [0.15, 0.2) is 102 Å². The summed E-state index contributed by atoms with van der Waals surface area (Å²) in [4.78, 5) is 36.1. The lowest BCUT2D eigenvalue weighted by Crippen LogP contribution is -2.35. The zero-order valence-corrected chi connectivity index (χ0v) is 33.4. The molecule has 1 unspecified atom stereocenters. The Balaban J connectivity index is 1.40. The fourth-order valence-electron chi connectivity index (χ4n) is 6.69. The number of sulfonamides is 1. The number of nitrogens with zero attached hydrogens (tertiary/aromatic N) is 5. The number of amides is 1. The maximum Gasteiger partial charge on any atom is 0.405 e. The van der Waals surface area contributed by atoms with Crippen LogP contribution in [0, 0.1) is 11.6 Å². The van der Waals surface area contributed by atoms with E-state index in [1.165, 1.54) is 31.4 Å². The number of carboxylic acid groups (broad SMARTS) is 1. The van der Waals surface area contributed by atoms with Crippen molar-refractivity contribution in [2.24, 2.45) is 0 Å². The number of hydrogen-bond acceptors (Lipinski definition) is 9. The number of fused-ring (bicyclic) bond motifs is 2. The number of anilines is 1. The van der Waals surface area contributed by atoms with Gasteiger partial charge in [0.15, 0.2) is 11.5 Å². The fourth-order valence-corrected chi connectivity index (χ4v) is 7.97. The molecule has 61 heavy (non-hydrogen) atoms. The van der Waals surface area contributed by atoms with E-state index >= 15 is 0 Å². The third kappa shape index (κ3) is 9.84. The van der Waals surface area contributed by atoms with Gasteiger partial charge in [0.25, 0.3) is 12.0 Å². The van der Waals surface area contributed by atoms with Gasteiger partial charge in [-0.2, -0.15) is 10.1 Å². The van der Waals surface area contributed by atoms with Crippen molar-refractivity contribution in [1.29, 1.82) is 0 Å². The highest BCUT2D eigenvalue weighted by Gasteiger charge is 2.29. The number of aryl methyl sites for hydroxylation is 1. The number of carbonyl (C=O) groups is 1. The topological polar surface area (TPSA) is 180 Å². The van der Waals surface area contributed by atoms with Gasteiger partial charge < -0.3 is 19.9 Å². The van der Waals surface area contributed by atoms with Crippen LogP contribution in [0.4, 0.5) is 28.2 Å². The molecule has 316 valence electrons. The molecule has 3 heterocycles. The summed E-state index contributed by atoms with van der Waals surface area (Å²) in [6, 6.07) is 22.0. The van der Waals surface area contributed by atoms with Gasteiger partial charge in [-0.15, -0.1) is 0 Å². The number of ether oxygens (including phenoxy) is 2. The first-order chi connectivity index (χ1) is 29.2. The van der Waals surface area contributed by atoms with Gasteiger partial charge >= 0.3 is 6.09 Å². The molecule has 14 nitrogen and oxygen atoms in total. The van der Waals surface area contributed by atoms with Crippen molar-refractivity contribution in [2.45, 2.75) is 38.5 Å². The molecule has 0 bridgehead atoms. The standard InChI is InChI=1S/C41H34ClF4N7O7S/c1-59-28-9-7-23(8-10-28)15-16-61(57,58)51-38-35-30(42)12-13-32(36(35)52(50-38)21-33(45)46)53-39(31(47-41(55)56)19-25-17-26(43)20-27(44)18-25)49-37-29(40(53)54)11-14-34(48-37)60-22-24-5-3-2-4-6-24/h2-14,17-18,20,31,33,47H,15-16,19,21-22H2,1H3,(H,50,51)(H,55,56). The number of alkyl halides is 2. The van der Waals surface area contributed by atoms with Gasteiger partial charge in [-0.05, 0) is 65.6 Å². The van der Waals surface area contributed by atoms with Crippen LogP contribution in [0.3, 0.4) is 0 Å². The van der Waals surface area contributed by atoms with E-state index < -0.39 is 76.1 Å². The zero-order valence-electron chi connectivity index (χ0n) is 31.9. The highest BCUT2D eigenvalue weighted by molar-refractivity contribution is 7.92. The average Bonchev–Trinajstić information content (AvgIpc) is 3.56. The van der Waals surface area contributed by atoms with E-state index in [9.17, 15) is 40.7 Å². The van der Waals surface area contributed by atoms with Crippen molar-refractivity contribution >= 4 is 55.5 Å². The predicted molar refractivity (Wildman–Crippen MR) is 218 cm³/mol. The summed E-state index contributed by atoms with van der Waals surface area (Å²) in [6.45, 7) is -1.02. The number of pyridine rings is 1. The Morgan fingerprint density at radius 1 is 0.918 bits per heavy atom. The molecule has 0 spiro atoms. The molecule has 7 aromatic rings. The minimum absolute atomic E-state index is 0.0368. The Bertz CT molecular complexity index is 2900. The number of methoxy groups -OCH3 is 1. The quantitative estimate of drug-likeness (QED) is 0.0826. The third-order valence-corrected chi connectivity index (χ3v) is 10.9. The summed E-state index contributed by atoms with van der Waals surface area (Å²) >= 11 is 6.66. The van der Waals surface area contributed by atoms with Gasteiger partial charge in [0.1, 0.15) is 36.4 Å².